The molecule has 0 bridgehead atoms. The highest BCUT2D eigenvalue weighted by molar-refractivity contribution is 5.94. The van der Waals surface area contributed by atoms with Crippen molar-refractivity contribution in [1.82, 2.24) is 4.90 Å². The first-order chi connectivity index (χ1) is 13.3. The van der Waals surface area contributed by atoms with Gasteiger partial charge < -0.3 is 14.4 Å². The molecule has 0 aliphatic carbocycles. The molecule has 3 rings (SSSR count). The Labute approximate surface area is 161 Å². The molecular formula is C21H22F3NO3. The van der Waals surface area contributed by atoms with Gasteiger partial charge in [0.15, 0.2) is 11.5 Å². The van der Waals surface area contributed by atoms with Gasteiger partial charge in [-0.25, -0.2) is 0 Å². The summed E-state index contributed by atoms with van der Waals surface area (Å²) < 4.78 is 50.1. The number of carbonyl (C=O) groups excluding carboxylic acids is 1. The maximum atomic E-state index is 12.9. The lowest BCUT2D eigenvalue weighted by molar-refractivity contribution is -0.137. The van der Waals surface area contributed by atoms with Gasteiger partial charge in [-0.1, -0.05) is 6.07 Å². The molecule has 28 heavy (non-hydrogen) atoms. The van der Waals surface area contributed by atoms with Gasteiger partial charge in [0.1, 0.15) is 0 Å². The van der Waals surface area contributed by atoms with E-state index in [-0.39, 0.29) is 5.56 Å². The fraction of sp³-hybridized carbons (Fsp3) is 0.381. The summed E-state index contributed by atoms with van der Waals surface area (Å²) >= 11 is 0. The maximum absolute atomic E-state index is 12.9. The lowest BCUT2D eigenvalue weighted by atomic mass is 9.98. The van der Waals surface area contributed by atoms with Crippen molar-refractivity contribution in [3.05, 3.63) is 58.7 Å². The Balaban J connectivity index is 1.85. The highest BCUT2D eigenvalue weighted by atomic mass is 19.4. The van der Waals surface area contributed by atoms with Gasteiger partial charge in [-0.05, 0) is 61.7 Å². The van der Waals surface area contributed by atoms with Crippen molar-refractivity contribution < 1.29 is 27.4 Å². The maximum Gasteiger partial charge on any atom is 0.416 e. The molecule has 0 atom stereocenters. The van der Waals surface area contributed by atoms with Crippen LogP contribution in [-0.4, -0.2) is 30.6 Å². The molecule has 0 aromatic heterocycles. The topological polar surface area (TPSA) is 38.8 Å². The molecule has 1 heterocycles. The summed E-state index contributed by atoms with van der Waals surface area (Å²) in [6.07, 6.45) is -3.88. The standard InChI is InChI=1S/C21H22F3NO3/c1-3-27-18-11-14-8-9-25(13-16(14)12-19(18)28-4-2)20(26)15-6-5-7-17(10-15)21(22,23)24/h5-7,10-12H,3-4,8-9,13H2,1-2H3. The van der Waals surface area contributed by atoms with Crippen LogP contribution in [0.15, 0.2) is 36.4 Å². The van der Waals surface area contributed by atoms with Crippen LogP contribution in [0, 0.1) is 0 Å². The Bertz CT molecular complexity index is 864. The molecule has 1 aliphatic rings. The first kappa shape index (κ1) is 20.0. The van der Waals surface area contributed by atoms with Crippen LogP contribution >= 0.6 is 0 Å². The third-order valence-corrected chi connectivity index (χ3v) is 4.60. The zero-order valence-corrected chi connectivity index (χ0v) is 15.8. The minimum absolute atomic E-state index is 0.0363. The number of alkyl halides is 3. The second-order valence-corrected chi connectivity index (χ2v) is 6.49. The number of hydrogen-bond acceptors (Lipinski definition) is 3. The second kappa shape index (κ2) is 8.12. The molecule has 0 spiro atoms. The number of fused-ring (bicyclic) bond motifs is 1. The Hall–Kier alpha value is -2.70. The van der Waals surface area contributed by atoms with Gasteiger partial charge in [0, 0.05) is 18.7 Å². The highest BCUT2D eigenvalue weighted by Gasteiger charge is 2.32. The van der Waals surface area contributed by atoms with Gasteiger partial charge in [0.25, 0.3) is 5.91 Å². The lowest BCUT2D eigenvalue weighted by Gasteiger charge is -2.30. The molecule has 150 valence electrons. The lowest BCUT2D eigenvalue weighted by Crippen LogP contribution is -2.36. The Morgan fingerprint density at radius 2 is 1.68 bits per heavy atom. The summed E-state index contributed by atoms with van der Waals surface area (Å²) in [6, 6.07) is 8.32. The van der Waals surface area contributed by atoms with Crippen LogP contribution in [0.25, 0.3) is 0 Å². The van der Waals surface area contributed by atoms with Crippen molar-refractivity contribution in [2.24, 2.45) is 0 Å². The number of hydrogen-bond donors (Lipinski definition) is 0. The van der Waals surface area contributed by atoms with E-state index in [9.17, 15) is 18.0 Å². The number of halogens is 3. The number of amides is 1. The number of ether oxygens (including phenoxy) is 2. The fourth-order valence-electron chi connectivity index (χ4n) is 3.29. The SMILES string of the molecule is CCOc1cc2c(cc1OCC)CN(C(=O)c1cccc(C(F)(F)F)c1)CC2. The molecule has 7 heteroatoms. The number of nitrogens with zero attached hydrogens (tertiary/aromatic N) is 1. The first-order valence-corrected chi connectivity index (χ1v) is 9.21. The van der Waals surface area contributed by atoms with Crippen LogP contribution in [0.4, 0.5) is 13.2 Å². The molecule has 2 aromatic carbocycles. The van der Waals surface area contributed by atoms with E-state index in [4.69, 9.17) is 9.47 Å². The summed E-state index contributed by atoms with van der Waals surface area (Å²) in [5.41, 5.74) is 1.18. The van der Waals surface area contributed by atoms with Crippen LogP contribution in [0.3, 0.4) is 0 Å². The summed E-state index contributed by atoms with van der Waals surface area (Å²) in [6.45, 7) is 5.51. The average molecular weight is 393 g/mol. The van der Waals surface area contributed by atoms with Gasteiger partial charge in [0.05, 0.1) is 18.8 Å². The summed E-state index contributed by atoms with van der Waals surface area (Å²) in [7, 11) is 0. The molecule has 2 aromatic rings. The van der Waals surface area contributed by atoms with Gasteiger partial charge in [-0.15, -0.1) is 0 Å². The van der Waals surface area contributed by atoms with E-state index in [1.807, 2.05) is 26.0 Å². The predicted molar refractivity (Wildman–Crippen MR) is 98.7 cm³/mol. The van der Waals surface area contributed by atoms with E-state index >= 15 is 0 Å². The molecular weight excluding hydrogens is 371 g/mol. The van der Waals surface area contributed by atoms with E-state index in [1.165, 1.54) is 12.1 Å². The van der Waals surface area contributed by atoms with Crippen LogP contribution in [0.2, 0.25) is 0 Å². The quantitative estimate of drug-likeness (QED) is 0.739. The van der Waals surface area contributed by atoms with Crippen molar-refractivity contribution >= 4 is 5.91 Å². The molecule has 1 aliphatic heterocycles. The van der Waals surface area contributed by atoms with E-state index in [0.717, 1.165) is 23.3 Å². The molecule has 1 amide bonds. The number of rotatable bonds is 5. The van der Waals surface area contributed by atoms with E-state index < -0.39 is 17.6 Å². The molecule has 0 N–H and O–H groups in total. The summed E-state index contributed by atoms with van der Waals surface area (Å²) in [5.74, 6) is 0.862. The molecule has 4 nitrogen and oxygen atoms in total. The van der Waals surface area contributed by atoms with E-state index in [1.54, 1.807) is 4.90 Å². The predicted octanol–water partition coefficient (Wildman–Crippen LogP) is 4.70. The van der Waals surface area contributed by atoms with Gasteiger partial charge >= 0.3 is 6.18 Å². The fourth-order valence-corrected chi connectivity index (χ4v) is 3.29. The number of carbonyl (C=O) groups is 1. The van der Waals surface area contributed by atoms with E-state index in [2.05, 4.69) is 0 Å². The largest absolute Gasteiger partial charge is 0.490 e. The Kier molecular flexibility index (Phi) is 5.82. The van der Waals surface area contributed by atoms with Gasteiger partial charge in [-0.2, -0.15) is 13.2 Å². The smallest absolute Gasteiger partial charge is 0.416 e. The third-order valence-electron chi connectivity index (χ3n) is 4.60. The molecule has 0 unspecified atom stereocenters. The van der Waals surface area contributed by atoms with Crippen molar-refractivity contribution in [2.45, 2.75) is 33.0 Å². The van der Waals surface area contributed by atoms with Crippen LogP contribution < -0.4 is 9.47 Å². The molecule has 0 saturated heterocycles. The molecule has 0 fully saturated rings. The van der Waals surface area contributed by atoms with Gasteiger partial charge in [-0.3, -0.25) is 4.79 Å². The first-order valence-electron chi connectivity index (χ1n) is 9.21. The minimum atomic E-state index is -4.48. The molecule has 0 radical (unpaired) electrons. The highest BCUT2D eigenvalue weighted by Crippen LogP contribution is 2.34. The minimum Gasteiger partial charge on any atom is -0.490 e. The van der Waals surface area contributed by atoms with Crippen molar-refractivity contribution in [3.63, 3.8) is 0 Å². The second-order valence-electron chi connectivity index (χ2n) is 6.49. The zero-order valence-electron chi connectivity index (χ0n) is 15.8. The summed E-state index contributed by atoms with van der Waals surface area (Å²) in [4.78, 5) is 14.3. The normalized spacial score (nSPS) is 13.8. The Morgan fingerprint density at radius 1 is 1.04 bits per heavy atom. The van der Waals surface area contributed by atoms with Crippen LogP contribution in [-0.2, 0) is 19.1 Å². The summed E-state index contributed by atoms with van der Waals surface area (Å²) in [5, 5.41) is 0. The van der Waals surface area contributed by atoms with Crippen LogP contribution in [0.5, 0.6) is 11.5 Å². The van der Waals surface area contributed by atoms with Crippen molar-refractivity contribution in [3.8, 4) is 11.5 Å². The van der Waals surface area contributed by atoms with Crippen LogP contribution in [0.1, 0.15) is 40.9 Å². The zero-order chi connectivity index (χ0) is 20.3. The monoisotopic (exact) mass is 393 g/mol. The Morgan fingerprint density at radius 3 is 2.29 bits per heavy atom. The van der Waals surface area contributed by atoms with Gasteiger partial charge in [0.2, 0.25) is 0 Å². The van der Waals surface area contributed by atoms with E-state index in [0.29, 0.717) is 44.2 Å². The number of benzene rings is 2. The third kappa shape index (κ3) is 4.24. The van der Waals surface area contributed by atoms with Crippen molar-refractivity contribution in [1.29, 1.82) is 0 Å². The average Bonchev–Trinajstić information content (AvgIpc) is 2.67. The molecule has 0 saturated carbocycles. The van der Waals surface area contributed by atoms with Crippen molar-refractivity contribution in [2.75, 3.05) is 19.8 Å².